The number of nitrogens with zero attached hydrogens (tertiary/aromatic N) is 5. The molecule has 0 aliphatic carbocycles. The van der Waals surface area contributed by atoms with Gasteiger partial charge in [-0.1, -0.05) is 146 Å². The number of hydrogen-bond donors (Lipinski definition) is 0. The van der Waals surface area contributed by atoms with Crippen molar-refractivity contribution in [3.8, 4) is 62.4 Å². The lowest BCUT2D eigenvalue weighted by Gasteiger charge is -2.12. The molecule has 3 heterocycles. The first kappa shape index (κ1) is 31.8. The maximum atomic E-state index is 6.60. The number of benzene rings is 8. The maximum absolute atomic E-state index is 6.60. The molecule has 0 bridgehead atoms. The van der Waals surface area contributed by atoms with E-state index in [0.29, 0.717) is 23.4 Å². The van der Waals surface area contributed by atoms with E-state index < -0.39 is 0 Å². The second kappa shape index (κ2) is 13.0. The van der Waals surface area contributed by atoms with Crippen LogP contribution in [0.3, 0.4) is 0 Å². The van der Waals surface area contributed by atoms with Crippen LogP contribution in [0.2, 0.25) is 0 Å². The standard InChI is InChI=1S/C50H31N5O/c1-4-13-32(14-5-1)33-23-25-36(26-24-33)48-52-47(35-15-6-2-7-16-35)53-49(54-48)38-19-12-20-39(31-38)55-42-22-11-10-21-40(42)45-43(55)30-28-34-27-29-41-46(44(34)45)56-50(51-41)37-17-8-3-9-18-37/h1-31H. The van der Waals surface area contributed by atoms with Crippen molar-refractivity contribution in [3.05, 3.63) is 188 Å². The first-order chi connectivity index (χ1) is 27.7. The molecule has 0 N–H and O–H groups in total. The Morgan fingerprint density at radius 2 is 0.929 bits per heavy atom. The zero-order chi connectivity index (χ0) is 37.0. The number of fused-ring (bicyclic) bond motifs is 7. The fraction of sp³-hybridized carbons (Fsp3) is 0. The van der Waals surface area contributed by atoms with Crippen LogP contribution >= 0.6 is 0 Å². The van der Waals surface area contributed by atoms with Gasteiger partial charge < -0.3 is 8.98 Å². The molecule has 6 heteroatoms. The molecule has 0 saturated heterocycles. The Morgan fingerprint density at radius 1 is 0.375 bits per heavy atom. The van der Waals surface area contributed by atoms with Gasteiger partial charge in [0.05, 0.1) is 11.0 Å². The van der Waals surface area contributed by atoms with Gasteiger partial charge >= 0.3 is 0 Å². The summed E-state index contributed by atoms with van der Waals surface area (Å²) in [5.41, 5.74) is 10.8. The Labute approximate surface area is 322 Å². The summed E-state index contributed by atoms with van der Waals surface area (Å²) in [5, 5.41) is 4.41. The Kier molecular flexibility index (Phi) is 7.38. The van der Waals surface area contributed by atoms with E-state index in [9.17, 15) is 0 Å². The van der Waals surface area contributed by atoms with Crippen molar-refractivity contribution < 1.29 is 4.42 Å². The molecule has 0 atom stereocenters. The summed E-state index contributed by atoms with van der Waals surface area (Å²) in [6.45, 7) is 0. The Bertz CT molecular complexity index is 3230. The van der Waals surface area contributed by atoms with Gasteiger partial charge in [0.2, 0.25) is 5.89 Å². The highest BCUT2D eigenvalue weighted by Crippen LogP contribution is 2.41. The predicted octanol–water partition coefficient (Wildman–Crippen LogP) is 12.6. The zero-order valence-corrected chi connectivity index (χ0v) is 30.0. The third-order valence-electron chi connectivity index (χ3n) is 10.5. The Balaban J connectivity index is 1.08. The molecule has 11 rings (SSSR count). The topological polar surface area (TPSA) is 69.6 Å². The third kappa shape index (κ3) is 5.35. The van der Waals surface area contributed by atoms with Gasteiger partial charge in [-0.15, -0.1) is 0 Å². The summed E-state index contributed by atoms with van der Waals surface area (Å²) >= 11 is 0. The van der Waals surface area contributed by atoms with Gasteiger partial charge in [-0.05, 0) is 59.0 Å². The summed E-state index contributed by atoms with van der Waals surface area (Å²) < 4.78 is 8.92. The molecule has 0 amide bonds. The minimum atomic E-state index is 0.603. The minimum absolute atomic E-state index is 0.603. The highest BCUT2D eigenvalue weighted by Gasteiger charge is 2.20. The molecular formula is C50H31N5O. The van der Waals surface area contributed by atoms with Gasteiger partial charge in [-0.25, -0.2) is 19.9 Å². The predicted molar refractivity (Wildman–Crippen MR) is 226 cm³/mol. The average Bonchev–Trinajstić information content (AvgIpc) is 3.87. The second-order valence-electron chi connectivity index (χ2n) is 13.9. The molecule has 0 aliphatic rings. The van der Waals surface area contributed by atoms with Crippen LogP contribution in [-0.2, 0) is 0 Å². The highest BCUT2D eigenvalue weighted by molar-refractivity contribution is 6.27. The molecule has 0 radical (unpaired) electrons. The van der Waals surface area contributed by atoms with Crippen molar-refractivity contribution in [2.24, 2.45) is 0 Å². The molecule has 0 spiro atoms. The van der Waals surface area contributed by atoms with Crippen LogP contribution in [0, 0.1) is 0 Å². The van der Waals surface area contributed by atoms with Gasteiger partial charge in [0, 0.05) is 44.1 Å². The first-order valence-electron chi connectivity index (χ1n) is 18.6. The lowest BCUT2D eigenvalue weighted by atomic mass is 10.0. The van der Waals surface area contributed by atoms with E-state index in [1.165, 1.54) is 0 Å². The minimum Gasteiger partial charge on any atom is -0.435 e. The van der Waals surface area contributed by atoms with Crippen LogP contribution < -0.4 is 0 Å². The molecule has 56 heavy (non-hydrogen) atoms. The monoisotopic (exact) mass is 717 g/mol. The van der Waals surface area contributed by atoms with Crippen LogP contribution in [0.1, 0.15) is 0 Å². The van der Waals surface area contributed by atoms with Crippen LogP contribution in [0.15, 0.2) is 192 Å². The zero-order valence-electron chi connectivity index (χ0n) is 30.0. The number of hydrogen-bond acceptors (Lipinski definition) is 5. The van der Waals surface area contributed by atoms with E-state index in [2.05, 4.69) is 120 Å². The van der Waals surface area contributed by atoms with Crippen LogP contribution in [0.4, 0.5) is 0 Å². The van der Waals surface area contributed by atoms with Crippen molar-refractivity contribution in [2.45, 2.75) is 0 Å². The van der Waals surface area contributed by atoms with E-state index in [1.807, 2.05) is 72.8 Å². The Hall–Kier alpha value is -7.70. The van der Waals surface area contributed by atoms with Gasteiger partial charge in [-0.2, -0.15) is 0 Å². The fourth-order valence-corrected chi connectivity index (χ4v) is 7.81. The van der Waals surface area contributed by atoms with Crippen LogP contribution in [-0.4, -0.2) is 24.5 Å². The molecule has 0 unspecified atom stereocenters. The molecule has 6 nitrogen and oxygen atoms in total. The molecule has 0 aliphatic heterocycles. The molecule has 262 valence electrons. The molecule has 11 aromatic rings. The molecule has 0 saturated carbocycles. The van der Waals surface area contributed by atoms with Gasteiger partial charge in [0.25, 0.3) is 0 Å². The first-order valence-corrected chi connectivity index (χ1v) is 18.6. The lowest BCUT2D eigenvalue weighted by Crippen LogP contribution is -2.01. The van der Waals surface area contributed by atoms with Gasteiger partial charge in [0.15, 0.2) is 23.1 Å². The molecule has 0 fully saturated rings. The van der Waals surface area contributed by atoms with Crippen molar-refractivity contribution >= 4 is 43.7 Å². The van der Waals surface area contributed by atoms with Gasteiger partial charge in [-0.3, -0.25) is 0 Å². The fourth-order valence-electron chi connectivity index (χ4n) is 7.81. The average molecular weight is 718 g/mol. The van der Waals surface area contributed by atoms with E-state index in [0.717, 1.165) is 82.7 Å². The Morgan fingerprint density at radius 3 is 1.66 bits per heavy atom. The summed E-state index contributed by atoms with van der Waals surface area (Å²) in [7, 11) is 0. The van der Waals surface area contributed by atoms with E-state index >= 15 is 0 Å². The maximum Gasteiger partial charge on any atom is 0.227 e. The van der Waals surface area contributed by atoms with E-state index in [-0.39, 0.29) is 0 Å². The third-order valence-corrected chi connectivity index (χ3v) is 10.5. The summed E-state index contributed by atoms with van der Waals surface area (Å²) in [5.74, 6) is 2.46. The van der Waals surface area contributed by atoms with E-state index in [4.69, 9.17) is 24.4 Å². The quantitative estimate of drug-likeness (QED) is 0.171. The van der Waals surface area contributed by atoms with Crippen molar-refractivity contribution in [3.63, 3.8) is 0 Å². The van der Waals surface area contributed by atoms with Crippen molar-refractivity contribution in [1.29, 1.82) is 0 Å². The SMILES string of the molecule is c1ccc(-c2ccc(-c3nc(-c4ccccc4)nc(-c4cccc(-n5c6ccccc6c6c7c(ccc8nc(-c9ccccc9)oc87)ccc65)c4)n3)cc2)cc1. The van der Waals surface area contributed by atoms with Crippen LogP contribution in [0.5, 0.6) is 0 Å². The normalized spacial score (nSPS) is 11.6. The molecule has 8 aromatic carbocycles. The summed E-state index contributed by atoms with van der Waals surface area (Å²) in [4.78, 5) is 20.1. The van der Waals surface area contributed by atoms with E-state index in [1.54, 1.807) is 0 Å². The number of para-hydroxylation sites is 1. The second-order valence-corrected chi connectivity index (χ2v) is 13.9. The van der Waals surface area contributed by atoms with Gasteiger partial charge in [0.1, 0.15) is 5.52 Å². The number of oxazole rings is 1. The number of aromatic nitrogens is 5. The number of rotatable bonds is 6. The molecule has 3 aromatic heterocycles. The summed E-state index contributed by atoms with van der Waals surface area (Å²) in [6, 6.07) is 64.6. The molecular weight excluding hydrogens is 687 g/mol. The highest BCUT2D eigenvalue weighted by atomic mass is 16.3. The summed E-state index contributed by atoms with van der Waals surface area (Å²) in [6.07, 6.45) is 0. The largest absolute Gasteiger partial charge is 0.435 e. The smallest absolute Gasteiger partial charge is 0.227 e. The lowest BCUT2D eigenvalue weighted by molar-refractivity contribution is 0.623. The van der Waals surface area contributed by atoms with Crippen LogP contribution in [0.25, 0.3) is 106 Å². The van der Waals surface area contributed by atoms with Crippen molar-refractivity contribution in [1.82, 2.24) is 24.5 Å². The van der Waals surface area contributed by atoms with Crippen molar-refractivity contribution in [2.75, 3.05) is 0 Å².